The predicted molar refractivity (Wildman–Crippen MR) is 84.7 cm³/mol. The molecule has 0 saturated carbocycles. The summed E-state index contributed by atoms with van der Waals surface area (Å²) in [7, 11) is 2.01. The molecule has 0 N–H and O–H groups in total. The van der Waals surface area contributed by atoms with Gasteiger partial charge in [-0.3, -0.25) is 0 Å². The van der Waals surface area contributed by atoms with Crippen molar-refractivity contribution >= 4 is 11.6 Å². The molecular weight excluding hydrogens is 246 g/mol. The Morgan fingerprint density at radius 1 is 0.950 bits per heavy atom. The van der Waals surface area contributed by atoms with E-state index in [4.69, 9.17) is 0 Å². The maximum Gasteiger partial charge on any atom is 0.230 e. The second-order valence-corrected chi connectivity index (χ2v) is 6.31. The first-order valence-electron chi connectivity index (χ1n) is 6.94. The predicted octanol–water partition coefficient (Wildman–Crippen LogP) is 4.16. The highest BCUT2D eigenvalue weighted by Gasteiger charge is 2.15. The summed E-state index contributed by atoms with van der Waals surface area (Å²) >= 11 is 0. The Bertz CT molecular complexity index is 592. The van der Waals surface area contributed by atoms with Crippen molar-refractivity contribution in [3.05, 3.63) is 47.3 Å². The van der Waals surface area contributed by atoms with Gasteiger partial charge in [0.1, 0.15) is 0 Å². The van der Waals surface area contributed by atoms with E-state index in [1.807, 2.05) is 31.9 Å². The second kappa shape index (κ2) is 5.23. The normalized spacial score (nSPS) is 11.5. The van der Waals surface area contributed by atoms with Crippen molar-refractivity contribution in [2.45, 2.75) is 40.0 Å². The van der Waals surface area contributed by atoms with Crippen LogP contribution in [0.1, 0.15) is 37.7 Å². The molecule has 0 aliphatic rings. The number of benzene rings is 1. The van der Waals surface area contributed by atoms with Crippen LogP contribution in [-0.4, -0.2) is 17.0 Å². The van der Waals surface area contributed by atoms with Gasteiger partial charge >= 0.3 is 0 Å². The van der Waals surface area contributed by atoms with Crippen molar-refractivity contribution in [1.29, 1.82) is 0 Å². The highest BCUT2D eigenvalue weighted by molar-refractivity contribution is 5.58. The first kappa shape index (κ1) is 14.5. The minimum atomic E-state index is 0.139. The van der Waals surface area contributed by atoms with E-state index in [1.165, 1.54) is 5.56 Å². The third-order valence-electron chi connectivity index (χ3n) is 3.37. The summed E-state index contributed by atoms with van der Waals surface area (Å²) in [5.74, 6) is 0.744. The van der Waals surface area contributed by atoms with Gasteiger partial charge in [-0.2, -0.15) is 0 Å². The van der Waals surface area contributed by atoms with Crippen LogP contribution in [0.2, 0.25) is 0 Å². The van der Waals surface area contributed by atoms with Gasteiger partial charge in [0.25, 0.3) is 0 Å². The summed E-state index contributed by atoms with van der Waals surface area (Å²) in [4.78, 5) is 11.1. The highest BCUT2D eigenvalue weighted by atomic mass is 15.2. The van der Waals surface area contributed by atoms with E-state index in [9.17, 15) is 0 Å². The van der Waals surface area contributed by atoms with Gasteiger partial charge in [0.2, 0.25) is 5.95 Å². The minimum Gasteiger partial charge on any atom is -0.314 e. The number of anilines is 2. The van der Waals surface area contributed by atoms with Crippen LogP contribution in [0, 0.1) is 13.8 Å². The van der Waals surface area contributed by atoms with Gasteiger partial charge in [-0.15, -0.1) is 0 Å². The fourth-order valence-electron chi connectivity index (χ4n) is 2.15. The number of nitrogens with zero attached hydrogens (tertiary/aromatic N) is 3. The first-order chi connectivity index (χ1) is 9.27. The lowest BCUT2D eigenvalue weighted by Gasteiger charge is -2.23. The lowest BCUT2D eigenvalue weighted by Crippen LogP contribution is -2.16. The van der Waals surface area contributed by atoms with Crippen molar-refractivity contribution in [1.82, 2.24) is 9.97 Å². The van der Waals surface area contributed by atoms with Crippen LogP contribution >= 0.6 is 0 Å². The standard InChI is InChI=1S/C17H23N3/c1-12-10-13(2)19-16(18-12)20(6)15-9-7-8-14(11-15)17(3,4)5/h7-11H,1-6H3. The number of rotatable bonds is 2. The van der Waals surface area contributed by atoms with Crippen LogP contribution in [0.5, 0.6) is 0 Å². The SMILES string of the molecule is Cc1cc(C)nc(N(C)c2cccc(C(C)(C)C)c2)n1. The summed E-state index contributed by atoms with van der Waals surface area (Å²) in [6.07, 6.45) is 0. The van der Waals surface area contributed by atoms with Crippen molar-refractivity contribution in [3.63, 3.8) is 0 Å². The molecule has 0 atom stereocenters. The molecule has 0 unspecified atom stereocenters. The smallest absolute Gasteiger partial charge is 0.230 e. The van der Waals surface area contributed by atoms with Gasteiger partial charge in [-0.1, -0.05) is 32.9 Å². The maximum absolute atomic E-state index is 4.52. The quantitative estimate of drug-likeness (QED) is 0.819. The summed E-state index contributed by atoms with van der Waals surface area (Å²) in [5, 5.41) is 0. The Morgan fingerprint density at radius 2 is 1.55 bits per heavy atom. The Kier molecular flexibility index (Phi) is 3.80. The van der Waals surface area contributed by atoms with Crippen LogP contribution in [0.15, 0.2) is 30.3 Å². The summed E-state index contributed by atoms with van der Waals surface area (Å²) in [6.45, 7) is 10.7. The molecule has 0 fully saturated rings. The number of hydrogen-bond donors (Lipinski definition) is 0. The molecule has 2 rings (SSSR count). The Morgan fingerprint density at radius 3 is 2.10 bits per heavy atom. The lowest BCUT2D eigenvalue weighted by molar-refractivity contribution is 0.590. The van der Waals surface area contributed by atoms with Crippen LogP contribution < -0.4 is 4.90 Å². The van der Waals surface area contributed by atoms with Crippen LogP contribution in [-0.2, 0) is 5.41 Å². The zero-order chi connectivity index (χ0) is 14.9. The molecule has 0 saturated heterocycles. The van der Waals surface area contributed by atoms with E-state index in [-0.39, 0.29) is 5.41 Å². The van der Waals surface area contributed by atoms with Crippen molar-refractivity contribution in [2.24, 2.45) is 0 Å². The molecule has 106 valence electrons. The zero-order valence-corrected chi connectivity index (χ0v) is 13.2. The van der Waals surface area contributed by atoms with Gasteiger partial charge in [-0.25, -0.2) is 9.97 Å². The Balaban J connectivity index is 2.40. The molecule has 2 aromatic rings. The summed E-state index contributed by atoms with van der Waals surface area (Å²) in [6, 6.07) is 10.6. The van der Waals surface area contributed by atoms with Crippen molar-refractivity contribution < 1.29 is 0 Å². The molecule has 1 heterocycles. The monoisotopic (exact) mass is 269 g/mol. The molecule has 0 radical (unpaired) electrons. The molecule has 0 aliphatic carbocycles. The molecule has 0 amide bonds. The topological polar surface area (TPSA) is 29.0 Å². The largest absolute Gasteiger partial charge is 0.314 e. The third-order valence-corrected chi connectivity index (χ3v) is 3.37. The molecule has 3 heteroatoms. The van der Waals surface area contributed by atoms with Gasteiger partial charge in [0.15, 0.2) is 0 Å². The van der Waals surface area contributed by atoms with Crippen molar-refractivity contribution in [2.75, 3.05) is 11.9 Å². The van der Waals surface area contributed by atoms with Gasteiger partial charge < -0.3 is 4.90 Å². The van der Waals surface area contributed by atoms with Crippen LogP contribution in [0.3, 0.4) is 0 Å². The molecule has 1 aromatic carbocycles. The Labute approximate surface area is 121 Å². The Hall–Kier alpha value is -1.90. The van der Waals surface area contributed by atoms with Crippen LogP contribution in [0.25, 0.3) is 0 Å². The van der Waals surface area contributed by atoms with Crippen molar-refractivity contribution in [3.8, 4) is 0 Å². The van der Waals surface area contributed by atoms with Gasteiger partial charge in [0.05, 0.1) is 0 Å². The summed E-state index contributed by atoms with van der Waals surface area (Å²) in [5.41, 5.74) is 4.55. The number of aryl methyl sites for hydroxylation is 2. The average molecular weight is 269 g/mol. The van der Waals surface area contributed by atoms with Gasteiger partial charge in [0, 0.05) is 24.1 Å². The molecule has 0 aliphatic heterocycles. The van der Waals surface area contributed by atoms with Crippen LogP contribution in [0.4, 0.5) is 11.6 Å². The van der Waals surface area contributed by atoms with E-state index in [0.717, 1.165) is 23.0 Å². The summed E-state index contributed by atoms with van der Waals surface area (Å²) < 4.78 is 0. The number of hydrogen-bond acceptors (Lipinski definition) is 3. The number of aromatic nitrogens is 2. The van der Waals surface area contributed by atoms with E-state index in [1.54, 1.807) is 0 Å². The van der Waals surface area contributed by atoms with E-state index in [2.05, 4.69) is 55.0 Å². The maximum atomic E-state index is 4.52. The minimum absolute atomic E-state index is 0.139. The zero-order valence-electron chi connectivity index (χ0n) is 13.2. The van der Waals surface area contributed by atoms with Gasteiger partial charge in [-0.05, 0) is 43.0 Å². The van der Waals surface area contributed by atoms with E-state index >= 15 is 0 Å². The molecule has 20 heavy (non-hydrogen) atoms. The first-order valence-corrected chi connectivity index (χ1v) is 6.94. The van der Waals surface area contributed by atoms with E-state index < -0.39 is 0 Å². The second-order valence-electron chi connectivity index (χ2n) is 6.31. The highest BCUT2D eigenvalue weighted by Crippen LogP contribution is 2.28. The molecular formula is C17H23N3. The fourth-order valence-corrected chi connectivity index (χ4v) is 2.15. The van der Waals surface area contributed by atoms with E-state index in [0.29, 0.717) is 0 Å². The molecule has 1 aromatic heterocycles. The fraction of sp³-hybridized carbons (Fsp3) is 0.412. The average Bonchev–Trinajstić information content (AvgIpc) is 2.36. The third kappa shape index (κ3) is 3.16. The molecule has 0 bridgehead atoms. The molecule has 3 nitrogen and oxygen atoms in total. The lowest BCUT2D eigenvalue weighted by atomic mass is 9.87. The molecule has 0 spiro atoms.